The topological polar surface area (TPSA) is 50.9 Å². The van der Waals surface area contributed by atoms with Crippen LogP contribution in [0.4, 0.5) is 0 Å². The van der Waals surface area contributed by atoms with Crippen molar-refractivity contribution in [3.05, 3.63) is 5.82 Å². The molecule has 2 rings (SSSR count). The monoisotopic (exact) mass is 255 g/mol. The second kappa shape index (κ2) is 5.87. The second-order valence-corrected chi connectivity index (χ2v) is 6.05. The fourth-order valence-electron chi connectivity index (χ4n) is 2.51. The molecule has 1 aromatic rings. The lowest BCUT2D eigenvalue weighted by atomic mass is 9.83. The number of hydrogen-bond donors (Lipinski definition) is 1. The summed E-state index contributed by atoms with van der Waals surface area (Å²) in [6.45, 7) is 2.31. The Balaban J connectivity index is 1.86. The number of thioether (sulfide) groups is 1. The first-order valence-corrected chi connectivity index (χ1v) is 7.31. The predicted molar refractivity (Wildman–Crippen MR) is 68.8 cm³/mol. The molecule has 1 N–H and O–H groups in total. The van der Waals surface area contributed by atoms with Crippen molar-refractivity contribution in [2.45, 2.75) is 44.4 Å². The first-order chi connectivity index (χ1) is 8.20. The molecule has 0 bridgehead atoms. The molecule has 4 nitrogen and oxygen atoms in total. The van der Waals surface area contributed by atoms with E-state index in [1.165, 1.54) is 25.7 Å². The predicted octanol–water partition coefficient (Wildman–Crippen LogP) is 2.23. The molecule has 0 aromatic carbocycles. The average molecular weight is 255 g/mol. The smallest absolute Gasteiger partial charge is 0.191 e. The van der Waals surface area contributed by atoms with Gasteiger partial charge in [-0.25, -0.2) is 0 Å². The average Bonchev–Trinajstić information content (AvgIpc) is 2.67. The van der Waals surface area contributed by atoms with Gasteiger partial charge < -0.3 is 9.67 Å². The van der Waals surface area contributed by atoms with Gasteiger partial charge >= 0.3 is 0 Å². The summed E-state index contributed by atoms with van der Waals surface area (Å²) in [6.07, 6.45) is 5.45. The number of hydrogen-bond acceptors (Lipinski definition) is 4. The lowest BCUT2D eigenvalue weighted by Crippen LogP contribution is -2.15. The number of aliphatic hydroxyl groups excluding tert-OH is 1. The maximum atomic E-state index is 9.05. The summed E-state index contributed by atoms with van der Waals surface area (Å²) in [4.78, 5) is 0. The number of rotatable bonds is 4. The molecule has 0 saturated heterocycles. The Morgan fingerprint density at radius 1 is 1.41 bits per heavy atom. The van der Waals surface area contributed by atoms with Gasteiger partial charge in [0.1, 0.15) is 6.61 Å². The molecule has 2 atom stereocenters. The van der Waals surface area contributed by atoms with Crippen LogP contribution >= 0.6 is 11.8 Å². The molecule has 0 amide bonds. The zero-order valence-corrected chi connectivity index (χ0v) is 11.4. The lowest BCUT2D eigenvalue weighted by Gasteiger charge is -2.26. The van der Waals surface area contributed by atoms with E-state index in [2.05, 4.69) is 17.1 Å². The second-order valence-electron chi connectivity index (χ2n) is 5.06. The standard InChI is InChI=1S/C12H21N3OS/c1-9-4-3-5-10(6-9)8-17-12-14-13-11(7-16)15(12)2/h9-10,16H,3-8H2,1-2H3/t9-,10+/m1/s1. The Kier molecular flexibility index (Phi) is 4.45. The third-order valence-electron chi connectivity index (χ3n) is 3.56. The van der Waals surface area contributed by atoms with Crippen LogP contribution in [0.3, 0.4) is 0 Å². The van der Waals surface area contributed by atoms with Crippen molar-refractivity contribution >= 4 is 11.8 Å². The summed E-state index contributed by atoms with van der Waals surface area (Å²) in [6, 6.07) is 0. The van der Waals surface area contributed by atoms with Crippen molar-refractivity contribution in [2.24, 2.45) is 18.9 Å². The molecule has 1 heterocycles. The van der Waals surface area contributed by atoms with Crippen LogP contribution < -0.4 is 0 Å². The van der Waals surface area contributed by atoms with E-state index >= 15 is 0 Å². The molecule has 1 aliphatic carbocycles. The summed E-state index contributed by atoms with van der Waals surface area (Å²) in [5, 5.41) is 18.0. The lowest BCUT2D eigenvalue weighted by molar-refractivity contribution is 0.266. The number of aromatic nitrogens is 3. The van der Waals surface area contributed by atoms with Crippen LogP contribution in [-0.2, 0) is 13.7 Å². The Morgan fingerprint density at radius 2 is 2.24 bits per heavy atom. The fraction of sp³-hybridized carbons (Fsp3) is 0.833. The Morgan fingerprint density at radius 3 is 2.88 bits per heavy atom. The molecule has 17 heavy (non-hydrogen) atoms. The molecule has 1 saturated carbocycles. The molecule has 0 unspecified atom stereocenters. The van der Waals surface area contributed by atoms with Gasteiger partial charge in [-0.1, -0.05) is 31.5 Å². The highest BCUT2D eigenvalue weighted by Gasteiger charge is 2.20. The molecular formula is C12H21N3OS. The van der Waals surface area contributed by atoms with E-state index < -0.39 is 0 Å². The van der Waals surface area contributed by atoms with Crippen molar-refractivity contribution in [1.29, 1.82) is 0 Å². The van der Waals surface area contributed by atoms with Crippen LogP contribution in [0.1, 0.15) is 38.4 Å². The van der Waals surface area contributed by atoms with Gasteiger partial charge in [-0.15, -0.1) is 10.2 Å². The van der Waals surface area contributed by atoms with Crippen molar-refractivity contribution in [1.82, 2.24) is 14.8 Å². The normalized spacial score (nSPS) is 25.1. The molecule has 5 heteroatoms. The van der Waals surface area contributed by atoms with Gasteiger partial charge in [0.05, 0.1) is 0 Å². The summed E-state index contributed by atoms with van der Waals surface area (Å²) in [7, 11) is 1.91. The Bertz CT molecular complexity index is 367. The molecule has 1 fully saturated rings. The molecule has 0 spiro atoms. The summed E-state index contributed by atoms with van der Waals surface area (Å²) < 4.78 is 1.89. The third-order valence-corrected chi connectivity index (χ3v) is 4.81. The SMILES string of the molecule is C[C@@H]1CCC[C@H](CSc2nnc(CO)n2C)C1. The van der Waals surface area contributed by atoms with Gasteiger partial charge in [0.2, 0.25) is 0 Å². The van der Waals surface area contributed by atoms with E-state index in [0.29, 0.717) is 5.82 Å². The van der Waals surface area contributed by atoms with Crippen LogP contribution in [0.5, 0.6) is 0 Å². The van der Waals surface area contributed by atoms with Crippen molar-refractivity contribution in [3.63, 3.8) is 0 Å². The highest BCUT2D eigenvalue weighted by atomic mass is 32.2. The minimum atomic E-state index is -0.0372. The molecule has 1 aliphatic rings. The molecular weight excluding hydrogens is 234 g/mol. The fourth-order valence-corrected chi connectivity index (χ4v) is 3.60. The van der Waals surface area contributed by atoms with Crippen LogP contribution in [0.15, 0.2) is 5.16 Å². The van der Waals surface area contributed by atoms with E-state index in [4.69, 9.17) is 5.11 Å². The highest BCUT2D eigenvalue weighted by Crippen LogP contribution is 2.32. The van der Waals surface area contributed by atoms with Gasteiger partial charge in [-0.2, -0.15) is 0 Å². The largest absolute Gasteiger partial charge is 0.388 e. The van der Waals surface area contributed by atoms with E-state index in [0.717, 1.165) is 22.7 Å². The molecule has 0 radical (unpaired) electrons. The van der Waals surface area contributed by atoms with Crippen molar-refractivity contribution < 1.29 is 5.11 Å². The van der Waals surface area contributed by atoms with E-state index in [1.54, 1.807) is 11.8 Å². The van der Waals surface area contributed by atoms with Gasteiger partial charge in [-0.05, 0) is 24.7 Å². The number of aliphatic hydroxyl groups is 1. The maximum absolute atomic E-state index is 9.05. The first kappa shape index (κ1) is 12.9. The van der Waals surface area contributed by atoms with Crippen molar-refractivity contribution in [3.8, 4) is 0 Å². The first-order valence-electron chi connectivity index (χ1n) is 6.32. The van der Waals surface area contributed by atoms with E-state index in [9.17, 15) is 0 Å². The van der Waals surface area contributed by atoms with E-state index in [1.807, 2.05) is 11.6 Å². The van der Waals surface area contributed by atoms with Crippen LogP contribution in [0.2, 0.25) is 0 Å². The van der Waals surface area contributed by atoms with Gasteiger partial charge in [0, 0.05) is 12.8 Å². The van der Waals surface area contributed by atoms with Gasteiger partial charge in [-0.3, -0.25) is 0 Å². The van der Waals surface area contributed by atoms with Crippen LogP contribution in [-0.4, -0.2) is 25.6 Å². The summed E-state index contributed by atoms with van der Waals surface area (Å²) in [5.74, 6) is 3.46. The van der Waals surface area contributed by atoms with Gasteiger partial charge in [0.25, 0.3) is 0 Å². The number of nitrogens with zero attached hydrogens (tertiary/aromatic N) is 3. The van der Waals surface area contributed by atoms with Crippen LogP contribution in [0, 0.1) is 11.8 Å². The molecule has 96 valence electrons. The van der Waals surface area contributed by atoms with Crippen LogP contribution in [0.25, 0.3) is 0 Å². The Labute approximate surface area is 107 Å². The third kappa shape index (κ3) is 3.22. The minimum absolute atomic E-state index is 0.0372. The molecule has 1 aromatic heterocycles. The minimum Gasteiger partial charge on any atom is -0.388 e. The zero-order valence-electron chi connectivity index (χ0n) is 10.6. The summed E-state index contributed by atoms with van der Waals surface area (Å²) in [5.41, 5.74) is 0. The maximum Gasteiger partial charge on any atom is 0.191 e. The van der Waals surface area contributed by atoms with E-state index in [-0.39, 0.29) is 6.61 Å². The zero-order chi connectivity index (χ0) is 12.3. The highest BCUT2D eigenvalue weighted by molar-refractivity contribution is 7.99. The summed E-state index contributed by atoms with van der Waals surface area (Å²) >= 11 is 1.77. The van der Waals surface area contributed by atoms with Crippen molar-refractivity contribution in [2.75, 3.05) is 5.75 Å². The quantitative estimate of drug-likeness (QED) is 0.838. The Hall–Kier alpha value is -0.550. The molecule has 0 aliphatic heterocycles. The van der Waals surface area contributed by atoms with Gasteiger partial charge in [0.15, 0.2) is 11.0 Å².